The van der Waals surface area contributed by atoms with Gasteiger partial charge in [0.15, 0.2) is 0 Å². The molecule has 0 spiro atoms. The topological polar surface area (TPSA) is 56.8 Å². The van der Waals surface area contributed by atoms with Crippen LogP contribution in [0.5, 0.6) is 17.2 Å². The van der Waals surface area contributed by atoms with Gasteiger partial charge in [-0.1, -0.05) is 12.1 Å². The molecule has 5 heteroatoms. The quantitative estimate of drug-likeness (QED) is 0.853. The van der Waals surface area contributed by atoms with Crippen molar-refractivity contribution >= 4 is 5.91 Å². The minimum Gasteiger partial charge on any atom is -0.497 e. The molecule has 0 radical (unpaired) electrons. The van der Waals surface area contributed by atoms with Gasteiger partial charge in [-0.25, -0.2) is 0 Å². The van der Waals surface area contributed by atoms with Crippen molar-refractivity contribution in [2.24, 2.45) is 0 Å². The molecule has 2 aromatic carbocycles. The van der Waals surface area contributed by atoms with E-state index in [2.05, 4.69) is 5.32 Å². The van der Waals surface area contributed by atoms with Gasteiger partial charge in [-0.3, -0.25) is 4.79 Å². The average Bonchev–Trinajstić information content (AvgIpc) is 2.59. The van der Waals surface area contributed by atoms with Crippen LogP contribution in [0.4, 0.5) is 0 Å². The van der Waals surface area contributed by atoms with Gasteiger partial charge >= 0.3 is 0 Å². The molecule has 0 aromatic heterocycles. The second kappa shape index (κ2) is 8.08. The van der Waals surface area contributed by atoms with Crippen molar-refractivity contribution in [1.29, 1.82) is 0 Å². The third-order valence-corrected chi connectivity index (χ3v) is 3.40. The zero-order valence-electron chi connectivity index (χ0n) is 13.6. The largest absolute Gasteiger partial charge is 0.497 e. The number of ether oxygens (including phenoxy) is 3. The summed E-state index contributed by atoms with van der Waals surface area (Å²) in [5.41, 5.74) is 1.82. The molecule has 0 saturated carbocycles. The van der Waals surface area contributed by atoms with Gasteiger partial charge in [0.1, 0.15) is 17.2 Å². The fraction of sp³-hybridized carbons (Fsp3) is 0.278. The monoisotopic (exact) mass is 315 g/mol. The van der Waals surface area contributed by atoms with Crippen molar-refractivity contribution in [3.05, 3.63) is 53.6 Å². The smallest absolute Gasteiger partial charge is 0.224 e. The van der Waals surface area contributed by atoms with Crippen LogP contribution in [0.1, 0.15) is 11.1 Å². The molecule has 0 unspecified atom stereocenters. The first-order valence-electron chi connectivity index (χ1n) is 7.26. The van der Waals surface area contributed by atoms with Gasteiger partial charge in [-0.15, -0.1) is 0 Å². The van der Waals surface area contributed by atoms with E-state index in [1.165, 1.54) is 0 Å². The standard InChI is InChI=1S/C18H21NO4/c1-21-15-6-4-5-13(7-15)10-18(20)19-12-14-8-16(22-2)11-17(9-14)23-3/h4-9,11H,10,12H2,1-3H3,(H,19,20). The predicted molar refractivity (Wildman–Crippen MR) is 88.1 cm³/mol. The molecule has 0 saturated heterocycles. The van der Waals surface area contributed by atoms with Crippen LogP contribution in [0.25, 0.3) is 0 Å². The van der Waals surface area contributed by atoms with Crippen LogP contribution in [-0.4, -0.2) is 27.2 Å². The van der Waals surface area contributed by atoms with Gasteiger partial charge < -0.3 is 19.5 Å². The molecule has 23 heavy (non-hydrogen) atoms. The Bertz CT molecular complexity index is 648. The third-order valence-electron chi connectivity index (χ3n) is 3.40. The first kappa shape index (κ1) is 16.7. The number of amides is 1. The number of carbonyl (C=O) groups excluding carboxylic acids is 1. The van der Waals surface area contributed by atoms with Crippen molar-refractivity contribution in [3.8, 4) is 17.2 Å². The van der Waals surface area contributed by atoms with E-state index in [1.807, 2.05) is 36.4 Å². The Morgan fingerprint density at radius 1 is 0.870 bits per heavy atom. The maximum Gasteiger partial charge on any atom is 0.224 e. The highest BCUT2D eigenvalue weighted by Crippen LogP contribution is 2.22. The Morgan fingerprint density at radius 3 is 2.09 bits per heavy atom. The molecule has 122 valence electrons. The van der Waals surface area contributed by atoms with Crippen LogP contribution in [-0.2, 0) is 17.8 Å². The number of rotatable bonds is 7. The molecule has 2 aromatic rings. The van der Waals surface area contributed by atoms with E-state index in [1.54, 1.807) is 27.4 Å². The van der Waals surface area contributed by atoms with E-state index in [4.69, 9.17) is 14.2 Å². The van der Waals surface area contributed by atoms with Gasteiger partial charge in [-0.05, 0) is 35.4 Å². The van der Waals surface area contributed by atoms with Crippen molar-refractivity contribution in [3.63, 3.8) is 0 Å². The molecular weight excluding hydrogens is 294 g/mol. The maximum atomic E-state index is 12.1. The number of hydrogen-bond acceptors (Lipinski definition) is 4. The van der Waals surface area contributed by atoms with E-state index in [0.717, 1.165) is 16.9 Å². The molecule has 0 aliphatic carbocycles. The summed E-state index contributed by atoms with van der Waals surface area (Å²) >= 11 is 0. The van der Waals surface area contributed by atoms with Crippen LogP contribution < -0.4 is 19.5 Å². The summed E-state index contributed by atoms with van der Waals surface area (Å²) in [5.74, 6) is 2.08. The average molecular weight is 315 g/mol. The van der Waals surface area contributed by atoms with Crippen molar-refractivity contribution in [1.82, 2.24) is 5.32 Å². The van der Waals surface area contributed by atoms with E-state index in [9.17, 15) is 4.79 Å². The molecule has 5 nitrogen and oxygen atoms in total. The number of hydrogen-bond donors (Lipinski definition) is 1. The summed E-state index contributed by atoms with van der Waals surface area (Å²) in [6.07, 6.45) is 0.304. The van der Waals surface area contributed by atoms with Gasteiger partial charge in [0, 0.05) is 12.6 Å². The molecule has 0 aliphatic rings. The lowest BCUT2D eigenvalue weighted by atomic mass is 10.1. The van der Waals surface area contributed by atoms with Crippen LogP contribution in [0, 0.1) is 0 Å². The van der Waals surface area contributed by atoms with Gasteiger partial charge in [0.25, 0.3) is 0 Å². The summed E-state index contributed by atoms with van der Waals surface area (Å²) in [6, 6.07) is 13.0. The van der Waals surface area contributed by atoms with Gasteiger partial charge in [-0.2, -0.15) is 0 Å². The van der Waals surface area contributed by atoms with E-state index in [-0.39, 0.29) is 5.91 Å². The Balaban J connectivity index is 1.96. The second-order valence-electron chi connectivity index (χ2n) is 5.03. The lowest BCUT2D eigenvalue weighted by Gasteiger charge is -2.10. The fourth-order valence-electron chi connectivity index (χ4n) is 2.20. The summed E-state index contributed by atoms with van der Waals surface area (Å²) in [4.78, 5) is 12.1. The molecular formula is C18H21NO4. The van der Waals surface area contributed by atoms with Crippen LogP contribution in [0.15, 0.2) is 42.5 Å². The Hall–Kier alpha value is -2.69. The highest BCUT2D eigenvalue weighted by Gasteiger charge is 2.06. The number of carbonyl (C=O) groups is 1. The second-order valence-corrected chi connectivity index (χ2v) is 5.03. The number of methoxy groups -OCH3 is 3. The molecule has 0 atom stereocenters. The Morgan fingerprint density at radius 2 is 1.48 bits per heavy atom. The number of nitrogens with one attached hydrogen (secondary N) is 1. The zero-order valence-corrected chi connectivity index (χ0v) is 13.6. The van der Waals surface area contributed by atoms with Crippen LogP contribution >= 0.6 is 0 Å². The van der Waals surface area contributed by atoms with Gasteiger partial charge in [0.05, 0.1) is 27.8 Å². The van der Waals surface area contributed by atoms with E-state index >= 15 is 0 Å². The summed E-state index contributed by atoms with van der Waals surface area (Å²) in [6.45, 7) is 0.413. The molecule has 2 rings (SSSR count). The zero-order chi connectivity index (χ0) is 16.7. The molecule has 0 bridgehead atoms. The lowest BCUT2D eigenvalue weighted by Crippen LogP contribution is -2.24. The first-order valence-corrected chi connectivity index (χ1v) is 7.26. The van der Waals surface area contributed by atoms with Crippen molar-refractivity contribution < 1.29 is 19.0 Å². The summed E-state index contributed by atoms with van der Waals surface area (Å²) in [5, 5.41) is 2.90. The normalized spacial score (nSPS) is 10.0. The van der Waals surface area contributed by atoms with Crippen molar-refractivity contribution in [2.75, 3.05) is 21.3 Å². The Kier molecular flexibility index (Phi) is 5.86. The van der Waals surface area contributed by atoms with E-state index < -0.39 is 0 Å². The predicted octanol–water partition coefficient (Wildman–Crippen LogP) is 2.57. The molecule has 1 N–H and O–H groups in total. The van der Waals surface area contributed by atoms with Gasteiger partial charge in [0.2, 0.25) is 5.91 Å². The molecule has 0 heterocycles. The first-order chi connectivity index (χ1) is 11.1. The third kappa shape index (κ3) is 4.92. The Labute approximate surface area is 136 Å². The number of benzene rings is 2. The molecule has 1 amide bonds. The minimum absolute atomic E-state index is 0.0555. The summed E-state index contributed by atoms with van der Waals surface area (Å²) < 4.78 is 15.6. The van der Waals surface area contributed by atoms with Crippen molar-refractivity contribution in [2.45, 2.75) is 13.0 Å². The highest BCUT2D eigenvalue weighted by atomic mass is 16.5. The minimum atomic E-state index is -0.0555. The lowest BCUT2D eigenvalue weighted by molar-refractivity contribution is -0.120. The van der Waals surface area contributed by atoms with Crippen LogP contribution in [0.3, 0.4) is 0 Å². The van der Waals surface area contributed by atoms with E-state index in [0.29, 0.717) is 24.5 Å². The fourth-order valence-corrected chi connectivity index (χ4v) is 2.20. The molecule has 0 fully saturated rings. The summed E-state index contributed by atoms with van der Waals surface area (Å²) in [7, 11) is 4.80. The molecule has 0 aliphatic heterocycles. The van der Waals surface area contributed by atoms with Crippen LogP contribution in [0.2, 0.25) is 0 Å². The maximum absolute atomic E-state index is 12.1. The SMILES string of the molecule is COc1cccc(CC(=O)NCc2cc(OC)cc(OC)c2)c1. The highest BCUT2D eigenvalue weighted by molar-refractivity contribution is 5.78.